The van der Waals surface area contributed by atoms with Crippen LogP contribution in [0.2, 0.25) is 0 Å². The van der Waals surface area contributed by atoms with Crippen molar-refractivity contribution in [3.8, 4) is 17.6 Å². The minimum absolute atomic E-state index is 0.0937. The number of hydrogen-bond acceptors (Lipinski definition) is 1. The van der Waals surface area contributed by atoms with Gasteiger partial charge in [0.05, 0.1) is 5.56 Å². The van der Waals surface area contributed by atoms with Crippen LogP contribution in [0.1, 0.15) is 61.1 Å². The molecular formula is C29H30F2O. The Kier molecular flexibility index (Phi) is 7.10. The molecule has 166 valence electrons. The van der Waals surface area contributed by atoms with E-state index in [1.54, 1.807) is 42.5 Å². The molecule has 4 rings (SSSR count). The standard InChI is InChI=1S/C29H30F2O/c1-3-17-32-26-14-7-21(8-15-26)6-9-22-13-16-27(29(31)28(22)30)25-12-11-23-18-20(4-2)5-10-24(23)19-25/h3-4,7-8,13-16,20,23-25H,1-2,5,10-12,17-19H2. The molecule has 0 amide bonds. The second-order valence-electron chi connectivity index (χ2n) is 9.04. The maximum absolute atomic E-state index is 15.0. The maximum atomic E-state index is 15.0. The molecule has 0 aliphatic heterocycles. The summed E-state index contributed by atoms with van der Waals surface area (Å²) in [5, 5.41) is 0. The van der Waals surface area contributed by atoms with Crippen LogP contribution in [-0.4, -0.2) is 6.61 Å². The molecule has 2 fully saturated rings. The van der Waals surface area contributed by atoms with Crippen molar-refractivity contribution in [1.29, 1.82) is 0 Å². The van der Waals surface area contributed by atoms with Crippen molar-refractivity contribution in [3.05, 3.63) is 90.0 Å². The molecule has 0 heterocycles. The van der Waals surface area contributed by atoms with Gasteiger partial charge in [-0.3, -0.25) is 0 Å². The fraction of sp³-hybridized carbons (Fsp3) is 0.379. The summed E-state index contributed by atoms with van der Waals surface area (Å²) in [7, 11) is 0. The van der Waals surface area contributed by atoms with Gasteiger partial charge in [-0.15, -0.1) is 6.58 Å². The SMILES string of the molecule is C=CCOc1ccc(C#Cc2ccc(C3CCC4CC(C=C)CCC4C3)c(F)c2F)cc1. The molecule has 0 radical (unpaired) electrons. The highest BCUT2D eigenvalue weighted by molar-refractivity contribution is 5.46. The lowest BCUT2D eigenvalue weighted by molar-refractivity contribution is 0.132. The Morgan fingerprint density at radius 1 is 0.875 bits per heavy atom. The first-order chi connectivity index (χ1) is 15.6. The molecule has 0 saturated heterocycles. The van der Waals surface area contributed by atoms with Crippen molar-refractivity contribution in [2.45, 2.75) is 44.4 Å². The summed E-state index contributed by atoms with van der Waals surface area (Å²) >= 11 is 0. The van der Waals surface area contributed by atoms with Crippen molar-refractivity contribution >= 4 is 0 Å². The minimum Gasteiger partial charge on any atom is -0.490 e. The number of rotatable bonds is 5. The van der Waals surface area contributed by atoms with E-state index in [1.165, 1.54) is 19.3 Å². The molecule has 2 aliphatic carbocycles. The van der Waals surface area contributed by atoms with Crippen LogP contribution in [0.4, 0.5) is 8.78 Å². The molecule has 2 aliphatic rings. The quantitative estimate of drug-likeness (QED) is 0.353. The zero-order chi connectivity index (χ0) is 22.5. The Morgan fingerprint density at radius 2 is 1.62 bits per heavy atom. The van der Waals surface area contributed by atoms with Crippen molar-refractivity contribution in [2.75, 3.05) is 6.61 Å². The van der Waals surface area contributed by atoms with E-state index in [0.717, 1.165) is 19.3 Å². The number of halogens is 2. The van der Waals surface area contributed by atoms with Crippen molar-refractivity contribution in [2.24, 2.45) is 17.8 Å². The van der Waals surface area contributed by atoms with Crippen LogP contribution in [0.25, 0.3) is 0 Å². The highest BCUT2D eigenvalue weighted by Crippen LogP contribution is 2.48. The van der Waals surface area contributed by atoms with Gasteiger partial charge in [-0.1, -0.05) is 36.6 Å². The molecule has 4 unspecified atom stereocenters. The second kappa shape index (κ2) is 10.2. The Bertz CT molecular complexity index is 1030. The number of hydrogen-bond donors (Lipinski definition) is 0. The fourth-order valence-electron chi connectivity index (χ4n) is 5.33. The molecular weight excluding hydrogens is 402 g/mol. The van der Waals surface area contributed by atoms with Gasteiger partial charge in [-0.05, 0) is 98.1 Å². The molecule has 4 atom stereocenters. The fourth-order valence-corrected chi connectivity index (χ4v) is 5.33. The Hall–Kier alpha value is -2.86. The third-order valence-electron chi connectivity index (χ3n) is 7.10. The number of fused-ring (bicyclic) bond motifs is 1. The monoisotopic (exact) mass is 432 g/mol. The van der Waals surface area contributed by atoms with Crippen LogP contribution in [0, 0.1) is 41.2 Å². The first-order valence-corrected chi connectivity index (χ1v) is 11.5. The van der Waals surface area contributed by atoms with E-state index in [0.29, 0.717) is 41.2 Å². The van der Waals surface area contributed by atoms with Crippen LogP contribution in [-0.2, 0) is 0 Å². The molecule has 32 heavy (non-hydrogen) atoms. The highest BCUT2D eigenvalue weighted by Gasteiger charge is 2.36. The normalized spacial score (nSPS) is 24.6. The van der Waals surface area contributed by atoms with Crippen molar-refractivity contribution < 1.29 is 13.5 Å². The van der Waals surface area contributed by atoms with Gasteiger partial charge in [-0.25, -0.2) is 8.78 Å². The summed E-state index contributed by atoms with van der Waals surface area (Å²) in [4.78, 5) is 0. The molecule has 1 nitrogen and oxygen atoms in total. The van der Waals surface area contributed by atoms with Crippen LogP contribution in [0.15, 0.2) is 61.7 Å². The predicted molar refractivity (Wildman–Crippen MR) is 126 cm³/mol. The van der Waals surface area contributed by atoms with E-state index < -0.39 is 11.6 Å². The van der Waals surface area contributed by atoms with Gasteiger partial charge in [0.1, 0.15) is 12.4 Å². The van der Waals surface area contributed by atoms with E-state index in [1.807, 2.05) is 0 Å². The predicted octanol–water partition coefficient (Wildman–Crippen LogP) is 7.42. The first kappa shape index (κ1) is 22.3. The lowest BCUT2D eigenvalue weighted by atomic mass is 9.64. The molecule has 0 bridgehead atoms. The number of benzene rings is 2. The highest BCUT2D eigenvalue weighted by atomic mass is 19.2. The third kappa shape index (κ3) is 4.96. The minimum atomic E-state index is -0.835. The van der Waals surface area contributed by atoms with Crippen molar-refractivity contribution in [3.63, 3.8) is 0 Å². The maximum Gasteiger partial charge on any atom is 0.174 e. The molecule has 0 aromatic heterocycles. The summed E-state index contributed by atoms with van der Waals surface area (Å²) < 4.78 is 35.3. The average Bonchev–Trinajstić information content (AvgIpc) is 2.83. The summed E-state index contributed by atoms with van der Waals surface area (Å²) in [5.74, 6) is 6.89. The average molecular weight is 433 g/mol. The third-order valence-corrected chi connectivity index (χ3v) is 7.10. The molecule has 0 N–H and O–H groups in total. The first-order valence-electron chi connectivity index (χ1n) is 11.5. The van der Waals surface area contributed by atoms with Gasteiger partial charge < -0.3 is 4.74 Å². The van der Waals surface area contributed by atoms with Crippen LogP contribution >= 0.6 is 0 Å². The van der Waals surface area contributed by atoms with E-state index >= 15 is 4.39 Å². The summed E-state index contributed by atoms with van der Waals surface area (Å²) in [6.07, 6.45) is 10.3. The van der Waals surface area contributed by atoms with E-state index in [9.17, 15) is 4.39 Å². The largest absolute Gasteiger partial charge is 0.490 e. The van der Waals surface area contributed by atoms with Crippen LogP contribution in [0.5, 0.6) is 5.75 Å². The van der Waals surface area contributed by atoms with E-state index in [4.69, 9.17) is 4.74 Å². The summed E-state index contributed by atoms with van der Waals surface area (Å²) in [6, 6.07) is 10.6. The van der Waals surface area contributed by atoms with Gasteiger partial charge in [0.25, 0.3) is 0 Å². The Balaban J connectivity index is 1.46. The lowest BCUT2D eigenvalue weighted by Gasteiger charge is -2.41. The smallest absolute Gasteiger partial charge is 0.174 e. The molecule has 2 aromatic rings. The van der Waals surface area contributed by atoms with Gasteiger partial charge >= 0.3 is 0 Å². The zero-order valence-electron chi connectivity index (χ0n) is 18.5. The molecule has 2 saturated carbocycles. The molecule has 2 aromatic carbocycles. The zero-order valence-corrected chi connectivity index (χ0v) is 18.5. The van der Waals surface area contributed by atoms with Crippen LogP contribution < -0.4 is 4.74 Å². The van der Waals surface area contributed by atoms with Crippen molar-refractivity contribution in [1.82, 2.24) is 0 Å². The van der Waals surface area contributed by atoms with Gasteiger partial charge in [-0.2, -0.15) is 0 Å². The van der Waals surface area contributed by atoms with Gasteiger partial charge in [0.15, 0.2) is 11.6 Å². The van der Waals surface area contributed by atoms with E-state index in [2.05, 4.69) is 31.1 Å². The molecule has 0 spiro atoms. The van der Waals surface area contributed by atoms with Crippen LogP contribution in [0.3, 0.4) is 0 Å². The topological polar surface area (TPSA) is 9.23 Å². The van der Waals surface area contributed by atoms with Gasteiger partial charge in [0.2, 0.25) is 0 Å². The second-order valence-corrected chi connectivity index (χ2v) is 9.04. The lowest BCUT2D eigenvalue weighted by Crippen LogP contribution is -2.30. The Morgan fingerprint density at radius 3 is 2.38 bits per heavy atom. The summed E-state index contributed by atoms with van der Waals surface area (Å²) in [6.45, 7) is 8.00. The number of ether oxygens (including phenoxy) is 1. The number of allylic oxidation sites excluding steroid dienone is 1. The summed E-state index contributed by atoms with van der Waals surface area (Å²) in [5.41, 5.74) is 1.33. The molecule has 3 heteroatoms. The van der Waals surface area contributed by atoms with E-state index in [-0.39, 0.29) is 11.5 Å². The Labute approximate surface area is 190 Å². The van der Waals surface area contributed by atoms with Gasteiger partial charge in [0, 0.05) is 5.56 Å².